The maximum atomic E-state index is 14.1. The second kappa shape index (κ2) is 9.93. The monoisotopic (exact) mass is 601 g/mol. The lowest BCUT2D eigenvalue weighted by Crippen LogP contribution is -2.23. The van der Waals surface area contributed by atoms with Crippen molar-refractivity contribution in [2.75, 3.05) is 0 Å². The van der Waals surface area contributed by atoms with Crippen LogP contribution in [0.3, 0.4) is 0 Å². The van der Waals surface area contributed by atoms with Crippen LogP contribution in [-0.2, 0) is 14.9 Å². The number of ether oxygens (including phenoxy) is 2. The van der Waals surface area contributed by atoms with Crippen molar-refractivity contribution in [3.8, 4) is 11.5 Å². The molecule has 1 aliphatic rings. The Morgan fingerprint density at radius 3 is 2.06 bits per heavy atom. The van der Waals surface area contributed by atoms with E-state index >= 15 is 0 Å². The fraction of sp³-hybridized carbons (Fsp3) is 0.300. The maximum absolute atomic E-state index is 14.1. The van der Waals surface area contributed by atoms with Gasteiger partial charge in [-0.1, -0.05) is 19.3 Å². The zero-order chi connectivity index (χ0) is 24.5. The van der Waals surface area contributed by atoms with Crippen LogP contribution >= 0.6 is 22.6 Å². The van der Waals surface area contributed by atoms with E-state index in [0.717, 1.165) is 31.4 Å². The van der Waals surface area contributed by atoms with Crippen LogP contribution in [0.15, 0.2) is 23.1 Å². The Kier molecular flexibility index (Phi) is 7.63. The van der Waals surface area contributed by atoms with E-state index < -0.39 is 56.0 Å². The average Bonchev–Trinajstić information content (AvgIpc) is 2.76. The summed E-state index contributed by atoms with van der Waals surface area (Å²) in [7, 11) is -5.91. The van der Waals surface area contributed by atoms with Gasteiger partial charge in [0.15, 0.2) is 11.6 Å². The molecule has 2 aromatic rings. The predicted molar refractivity (Wildman–Crippen MR) is 111 cm³/mol. The first-order valence-electron chi connectivity index (χ1n) is 9.47. The second-order valence-electron chi connectivity index (χ2n) is 7.16. The third-order valence-corrected chi connectivity index (χ3v) is 6.69. The van der Waals surface area contributed by atoms with Crippen LogP contribution in [0.4, 0.5) is 17.6 Å². The van der Waals surface area contributed by atoms with Gasteiger partial charge in [-0.3, -0.25) is 4.79 Å². The van der Waals surface area contributed by atoms with Crippen molar-refractivity contribution in [2.45, 2.75) is 37.0 Å². The number of rotatable bonds is 5. The van der Waals surface area contributed by atoms with E-state index in [9.17, 15) is 40.1 Å². The number of halogens is 5. The van der Waals surface area contributed by atoms with Gasteiger partial charge in [-0.05, 0) is 53.6 Å². The third-order valence-electron chi connectivity index (χ3n) is 4.94. The molecule has 0 spiro atoms. The van der Waals surface area contributed by atoms with Crippen molar-refractivity contribution >= 4 is 44.6 Å². The Hall–Kier alpha value is -2.26. The number of esters is 2. The van der Waals surface area contributed by atoms with Gasteiger partial charge in [-0.15, -0.1) is 0 Å². The molecule has 2 aromatic carbocycles. The number of benzene rings is 2. The fourth-order valence-corrected chi connectivity index (χ4v) is 4.35. The standard InChI is InChI=1S/C20H15F4IO7S/c21-13-15(23)18(33(28,29)30)16(24)14(22)17(13)32-20(27)10-6-7-11(25)12(8-10)31-19(26)9-4-2-1-3-5-9/h6-9H,1-5H2,(H,28,29,30)/p-1. The van der Waals surface area contributed by atoms with Gasteiger partial charge in [0, 0.05) is 0 Å². The van der Waals surface area contributed by atoms with Crippen molar-refractivity contribution in [1.82, 2.24) is 0 Å². The minimum absolute atomic E-state index is 0.0354. The number of carbonyl (C=O) groups is 2. The van der Waals surface area contributed by atoms with Gasteiger partial charge in [0.25, 0.3) is 0 Å². The topological polar surface area (TPSA) is 110 Å². The molecule has 1 fully saturated rings. The molecule has 1 saturated carbocycles. The van der Waals surface area contributed by atoms with Crippen LogP contribution in [0.25, 0.3) is 0 Å². The molecule has 0 saturated heterocycles. The van der Waals surface area contributed by atoms with E-state index in [-0.39, 0.29) is 17.2 Å². The lowest BCUT2D eigenvalue weighted by atomic mass is 9.89. The van der Waals surface area contributed by atoms with E-state index in [1.807, 2.05) is 22.6 Å². The van der Waals surface area contributed by atoms with E-state index in [1.165, 1.54) is 6.07 Å². The number of hydrogen-bond acceptors (Lipinski definition) is 7. The first-order valence-corrected chi connectivity index (χ1v) is 12.0. The van der Waals surface area contributed by atoms with Crippen molar-refractivity contribution < 1.29 is 49.6 Å². The molecule has 0 aromatic heterocycles. The lowest BCUT2D eigenvalue weighted by Gasteiger charge is -2.20. The molecule has 0 unspecified atom stereocenters. The van der Waals surface area contributed by atoms with Crippen molar-refractivity contribution in [1.29, 1.82) is 0 Å². The molecule has 0 atom stereocenters. The summed E-state index contributed by atoms with van der Waals surface area (Å²) < 4.78 is 98.8. The molecule has 33 heavy (non-hydrogen) atoms. The van der Waals surface area contributed by atoms with Gasteiger partial charge >= 0.3 is 11.9 Å². The molecule has 0 bridgehead atoms. The molecular weight excluding hydrogens is 587 g/mol. The number of hydrogen-bond donors (Lipinski definition) is 0. The van der Waals surface area contributed by atoms with Crippen molar-refractivity contribution in [3.63, 3.8) is 0 Å². The zero-order valence-electron chi connectivity index (χ0n) is 16.5. The summed E-state index contributed by atoms with van der Waals surface area (Å²) in [5.74, 6) is -14.0. The highest BCUT2D eigenvalue weighted by Gasteiger charge is 2.31. The van der Waals surface area contributed by atoms with E-state index in [2.05, 4.69) is 4.74 Å². The second-order valence-corrected chi connectivity index (χ2v) is 9.64. The summed E-state index contributed by atoms with van der Waals surface area (Å²) in [6, 6.07) is 3.52. The van der Waals surface area contributed by atoms with Crippen molar-refractivity contribution in [2.24, 2.45) is 5.92 Å². The molecule has 1 aliphatic carbocycles. The summed E-state index contributed by atoms with van der Waals surface area (Å²) >= 11 is 1.82. The lowest BCUT2D eigenvalue weighted by molar-refractivity contribution is -0.140. The van der Waals surface area contributed by atoms with Gasteiger partial charge < -0.3 is 14.0 Å². The fourth-order valence-electron chi connectivity index (χ4n) is 3.29. The van der Waals surface area contributed by atoms with Crippen LogP contribution in [0, 0.1) is 32.8 Å². The van der Waals surface area contributed by atoms with Crippen LogP contribution in [-0.4, -0.2) is 24.9 Å². The van der Waals surface area contributed by atoms with E-state index in [4.69, 9.17) is 4.74 Å². The minimum Gasteiger partial charge on any atom is -0.744 e. The molecule has 0 heterocycles. The minimum atomic E-state index is -5.91. The predicted octanol–water partition coefficient (Wildman–Crippen LogP) is 4.46. The third kappa shape index (κ3) is 5.46. The molecule has 7 nitrogen and oxygen atoms in total. The Balaban J connectivity index is 1.88. The summed E-state index contributed by atoms with van der Waals surface area (Å²) in [5.41, 5.74) is -0.387. The highest BCUT2D eigenvalue weighted by atomic mass is 127. The van der Waals surface area contributed by atoms with E-state index in [1.54, 1.807) is 0 Å². The van der Waals surface area contributed by atoms with E-state index in [0.29, 0.717) is 16.4 Å². The van der Waals surface area contributed by atoms with Crippen LogP contribution in [0.1, 0.15) is 42.5 Å². The van der Waals surface area contributed by atoms with Gasteiger partial charge in [0.05, 0.1) is 15.1 Å². The van der Waals surface area contributed by atoms with Gasteiger partial charge in [0.1, 0.15) is 20.8 Å². The summed E-state index contributed by atoms with van der Waals surface area (Å²) in [6.07, 6.45) is 4.07. The Morgan fingerprint density at radius 1 is 0.939 bits per heavy atom. The molecule has 0 amide bonds. The molecular formula is C20H14F4IO7S-. The molecule has 3 rings (SSSR count). The van der Waals surface area contributed by atoms with Crippen LogP contribution in [0.5, 0.6) is 11.5 Å². The average molecular weight is 601 g/mol. The Bertz CT molecular complexity index is 1200. The Morgan fingerprint density at radius 2 is 1.52 bits per heavy atom. The molecule has 0 N–H and O–H groups in total. The van der Waals surface area contributed by atoms with Gasteiger partial charge in [0.2, 0.25) is 17.4 Å². The SMILES string of the molecule is O=C(Oc1c(F)c(F)c(S(=O)(=O)[O-])c(F)c1F)c1ccc(I)c(OC(=O)C2CCCCC2)c1. The quantitative estimate of drug-likeness (QED) is 0.124. The first kappa shape index (κ1) is 25.4. The highest BCUT2D eigenvalue weighted by molar-refractivity contribution is 14.1. The highest BCUT2D eigenvalue weighted by Crippen LogP contribution is 2.33. The molecule has 178 valence electrons. The van der Waals surface area contributed by atoms with Crippen LogP contribution in [0.2, 0.25) is 0 Å². The number of carbonyl (C=O) groups excluding carboxylic acids is 2. The smallest absolute Gasteiger partial charge is 0.343 e. The van der Waals surface area contributed by atoms with Crippen molar-refractivity contribution in [3.05, 3.63) is 50.6 Å². The summed E-state index contributed by atoms with van der Waals surface area (Å²) in [4.78, 5) is 22.3. The molecule has 0 aliphatic heterocycles. The largest absolute Gasteiger partial charge is 0.744 e. The first-order chi connectivity index (χ1) is 15.4. The Labute approximate surface area is 199 Å². The van der Waals surface area contributed by atoms with Crippen LogP contribution < -0.4 is 9.47 Å². The normalized spacial score (nSPS) is 14.7. The van der Waals surface area contributed by atoms with Gasteiger partial charge in [-0.2, -0.15) is 8.78 Å². The summed E-state index contributed by atoms with van der Waals surface area (Å²) in [5, 5.41) is 0. The molecule has 0 radical (unpaired) electrons. The summed E-state index contributed by atoms with van der Waals surface area (Å²) in [6.45, 7) is 0. The molecule has 13 heteroatoms. The zero-order valence-corrected chi connectivity index (χ0v) is 19.5. The maximum Gasteiger partial charge on any atom is 0.343 e. The van der Waals surface area contributed by atoms with Gasteiger partial charge in [-0.25, -0.2) is 22.0 Å².